The number of hydrogen-bond donors (Lipinski definition) is 3. The number of halogens is 1. The van der Waals surface area contributed by atoms with E-state index in [4.69, 9.17) is 5.73 Å². The first kappa shape index (κ1) is 18.8. The smallest absolute Gasteiger partial charge is 0.240 e. The molecule has 3 aromatic heterocycles. The first-order chi connectivity index (χ1) is 15.1. The monoisotopic (exact) mass is 413 g/mol. The first-order valence-electron chi connectivity index (χ1n) is 9.86. The normalized spacial score (nSPS) is 12.2. The van der Waals surface area contributed by atoms with Crippen LogP contribution in [0.2, 0.25) is 0 Å². The average molecular weight is 413 g/mol. The van der Waals surface area contributed by atoms with Gasteiger partial charge in [0.1, 0.15) is 11.3 Å². The van der Waals surface area contributed by atoms with Gasteiger partial charge in [0.15, 0.2) is 11.6 Å². The Kier molecular flexibility index (Phi) is 4.59. The number of nitrogens with zero attached hydrogens (tertiary/aromatic N) is 4. The van der Waals surface area contributed by atoms with Crippen LogP contribution in [-0.2, 0) is 0 Å². The van der Waals surface area contributed by atoms with E-state index < -0.39 is 0 Å². The molecule has 0 aliphatic carbocycles. The number of nitrogens with one attached hydrogen (secondary N) is 2. The highest BCUT2D eigenvalue weighted by Crippen LogP contribution is 2.33. The van der Waals surface area contributed by atoms with Gasteiger partial charge in [0.25, 0.3) is 0 Å². The Labute approximate surface area is 177 Å². The second-order valence-corrected chi connectivity index (χ2v) is 7.31. The fourth-order valence-electron chi connectivity index (χ4n) is 3.71. The van der Waals surface area contributed by atoms with E-state index in [-0.39, 0.29) is 17.7 Å². The number of nitrogens with two attached hydrogens (primary N) is 1. The standard InChI is InChI=1S/C23H20FN7/c1-14(15-7-9-17(24)10-8-15)18-11-12-31-21(18)22(27-23(25)30-31)26-20-13-19(28-29-20)16-5-3-2-4-6-16/h2-14H,1H3,(H4,25,26,27,28,29,30)/t14-/m0/s1. The van der Waals surface area contributed by atoms with Crippen molar-refractivity contribution < 1.29 is 4.39 Å². The second-order valence-electron chi connectivity index (χ2n) is 7.31. The molecule has 0 aliphatic rings. The molecule has 154 valence electrons. The predicted molar refractivity (Wildman–Crippen MR) is 119 cm³/mol. The fourth-order valence-corrected chi connectivity index (χ4v) is 3.71. The zero-order valence-electron chi connectivity index (χ0n) is 16.7. The van der Waals surface area contributed by atoms with Crippen LogP contribution in [0.15, 0.2) is 72.9 Å². The highest BCUT2D eigenvalue weighted by atomic mass is 19.1. The Balaban J connectivity index is 1.54. The number of anilines is 3. The summed E-state index contributed by atoms with van der Waals surface area (Å²) in [5, 5.41) is 15.0. The maximum Gasteiger partial charge on any atom is 0.240 e. The van der Waals surface area contributed by atoms with E-state index in [2.05, 4.69) is 32.5 Å². The van der Waals surface area contributed by atoms with Gasteiger partial charge in [-0.3, -0.25) is 5.10 Å². The highest BCUT2D eigenvalue weighted by Gasteiger charge is 2.19. The highest BCUT2D eigenvalue weighted by molar-refractivity contribution is 5.78. The van der Waals surface area contributed by atoms with E-state index in [1.54, 1.807) is 16.6 Å². The molecule has 0 aliphatic heterocycles. The SMILES string of the molecule is C[C@@H](c1ccc(F)cc1)c1ccn2nc(N)nc(Nc3cc(-c4ccccc4)[nH]n3)c12. The molecule has 0 spiro atoms. The van der Waals surface area contributed by atoms with Crippen LogP contribution in [0.25, 0.3) is 16.8 Å². The topological polar surface area (TPSA) is 96.9 Å². The molecule has 0 fully saturated rings. The van der Waals surface area contributed by atoms with Gasteiger partial charge in [-0.25, -0.2) is 8.91 Å². The third kappa shape index (κ3) is 3.59. The van der Waals surface area contributed by atoms with E-state index >= 15 is 0 Å². The quantitative estimate of drug-likeness (QED) is 0.387. The average Bonchev–Trinajstić information content (AvgIpc) is 3.42. The molecule has 2 aromatic carbocycles. The molecular formula is C23H20FN7. The van der Waals surface area contributed by atoms with Crippen molar-refractivity contribution in [2.75, 3.05) is 11.1 Å². The number of rotatable bonds is 5. The van der Waals surface area contributed by atoms with Crippen LogP contribution < -0.4 is 11.1 Å². The van der Waals surface area contributed by atoms with Crippen LogP contribution in [0.3, 0.4) is 0 Å². The van der Waals surface area contributed by atoms with Crippen LogP contribution in [0, 0.1) is 5.82 Å². The molecule has 4 N–H and O–H groups in total. The lowest BCUT2D eigenvalue weighted by molar-refractivity contribution is 0.626. The van der Waals surface area contributed by atoms with Gasteiger partial charge in [0.2, 0.25) is 5.95 Å². The van der Waals surface area contributed by atoms with Crippen molar-refractivity contribution in [1.29, 1.82) is 0 Å². The van der Waals surface area contributed by atoms with Crippen molar-refractivity contribution in [2.45, 2.75) is 12.8 Å². The summed E-state index contributed by atoms with van der Waals surface area (Å²) in [5.41, 5.74) is 10.6. The van der Waals surface area contributed by atoms with Crippen LogP contribution in [0.5, 0.6) is 0 Å². The summed E-state index contributed by atoms with van der Waals surface area (Å²) in [5.74, 6) is 1.04. The molecule has 0 radical (unpaired) electrons. The molecule has 0 saturated heterocycles. The van der Waals surface area contributed by atoms with Gasteiger partial charge in [0.05, 0.1) is 5.69 Å². The molecule has 0 unspecified atom stereocenters. The zero-order valence-corrected chi connectivity index (χ0v) is 16.7. The molecule has 3 heterocycles. The van der Waals surface area contributed by atoms with E-state index in [1.807, 2.05) is 48.7 Å². The minimum atomic E-state index is -0.260. The molecule has 0 amide bonds. The number of aromatic nitrogens is 5. The Morgan fingerprint density at radius 3 is 2.61 bits per heavy atom. The second kappa shape index (κ2) is 7.56. The third-order valence-electron chi connectivity index (χ3n) is 5.30. The van der Waals surface area contributed by atoms with E-state index in [1.165, 1.54) is 12.1 Å². The minimum Gasteiger partial charge on any atom is -0.366 e. The number of fused-ring (bicyclic) bond motifs is 1. The van der Waals surface area contributed by atoms with Gasteiger partial charge in [-0.1, -0.05) is 49.4 Å². The molecule has 0 saturated carbocycles. The van der Waals surface area contributed by atoms with Crippen LogP contribution in [0.1, 0.15) is 24.0 Å². The number of H-pyrrole nitrogens is 1. The molecule has 5 rings (SSSR count). The summed E-state index contributed by atoms with van der Waals surface area (Å²) in [6.07, 6.45) is 1.84. The van der Waals surface area contributed by atoms with Gasteiger partial charge >= 0.3 is 0 Å². The lowest BCUT2D eigenvalue weighted by Gasteiger charge is -2.13. The van der Waals surface area contributed by atoms with Crippen LogP contribution >= 0.6 is 0 Å². The molecule has 8 heteroatoms. The molecule has 0 bridgehead atoms. The van der Waals surface area contributed by atoms with E-state index in [9.17, 15) is 4.39 Å². The Morgan fingerprint density at radius 2 is 1.84 bits per heavy atom. The maximum absolute atomic E-state index is 13.4. The van der Waals surface area contributed by atoms with Gasteiger partial charge in [-0.15, -0.1) is 5.10 Å². The zero-order chi connectivity index (χ0) is 21.4. The van der Waals surface area contributed by atoms with Crippen molar-refractivity contribution >= 4 is 23.1 Å². The number of aromatic amines is 1. The van der Waals surface area contributed by atoms with Gasteiger partial charge in [-0.05, 0) is 34.9 Å². The minimum absolute atomic E-state index is 0.00237. The van der Waals surface area contributed by atoms with E-state index in [0.29, 0.717) is 11.6 Å². The van der Waals surface area contributed by atoms with Crippen LogP contribution in [-0.4, -0.2) is 24.8 Å². The van der Waals surface area contributed by atoms with Crippen LogP contribution in [0.4, 0.5) is 22.0 Å². The lowest BCUT2D eigenvalue weighted by Crippen LogP contribution is -2.07. The molecule has 5 aromatic rings. The summed E-state index contributed by atoms with van der Waals surface area (Å²) >= 11 is 0. The van der Waals surface area contributed by atoms with Gasteiger partial charge < -0.3 is 11.1 Å². The number of hydrogen-bond acceptors (Lipinski definition) is 5. The van der Waals surface area contributed by atoms with E-state index in [0.717, 1.165) is 27.9 Å². The lowest BCUT2D eigenvalue weighted by atomic mass is 9.94. The molecule has 1 atom stereocenters. The van der Waals surface area contributed by atoms with Gasteiger partial charge in [-0.2, -0.15) is 10.1 Å². The number of nitrogen functional groups attached to an aromatic ring is 1. The van der Waals surface area contributed by atoms with Crippen molar-refractivity contribution in [3.05, 3.63) is 89.9 Å². The Morgan fingerprint density at radius 1 is 1.06 bits per heavy atom. The van der Waals surface area contributed by atoms with Gasteiger partial charge in [0, 0.05) is 18.2 Å². The summed E-state index contributed by atoms with van der Waals surface area (Å²) < 4.78 is 15.1. The summed E-state index contributed by atoms with van der Waals surface area (Å²) in [6.45, 7) is 2.06. The van der Waals surface area contributed by atoms with Crippen molar-refractivity contribution in [3.63, 3.8) is 0 Å². The maximum atomic E-state index is 13.4. The summed E-state index contributed by atoms with van der Waals surface area (Å²) in [7, 11) is 0. The molecule has 7 nitrogen and oxygen atoms in total. The summed E-state index contributed by atoms with van der Waals surface area (Å²) in [4.78, 5) is 4.42. The third-order valence-corrected chi connectivity index (χ3v) is 5.30. The van der Waals surface area contributed by atoms with Crippen molar-refractivity contribution in [3.8, 4) is 11.3 Å². The largest absolute Gasteiger partial charge is 0.366 e. The van der Waals surface area contributed by atoms with Crippen molar-refractivity contribution in [2.24, 2.45) is 0 Å². The predicted octanol–water partition coefficient (Wildman–Crippen LogP) is 4.74. The Bertz CT molecular complexity index is 1340. The van der Waals surface area contributed by atoms with Crippen molar-refractivity contribution in [1.82, 2.24) is 24.8 Å². The summed E-state index contributed by atoms with van der Waals surface area (Å²) in [6, 6.07) is 20.3. The number of benzene rings is 2. The molecular weight excluding hydrogens is 393 g/mol. The Hall–Kier alpha value is -4.20. The fraction of sp³-hybridized carbons (Fsp3) is 0.0870. The molecule has 31 heavy (non-hydrogen) atoms. The first-order valence-corrected chi connectivity index (χ1v) is 9.86.